The van der Waals surface area contributed by atoms with Crippen LogP contribution in [0.25, 0.3) is 93.5 Å². The second-order valence-electron chi connectivity index (χ2n) is 13.0. The van der Waals surface area contributed by atoms with E-state index >= 15 is 0 Å². The molecule has 2 heteroatoms. The monoisotopic (exact) mass is 642 g/mol. The average molecular weight is 643 g/mol. The van der Waals surface area contributed by atoms with Crippen molar-refractivity contribution in [1.82, 2.24) is 0 Å². The Balaban J connectivity index is 1.27. The van der Waals surface area contributed by atoms with Crippen molar-refractivity contribution >= 4 is 82.6 Å². The molecule has 9 aromatic rings. The van der Waals surface area contributed by atoms with Crippen LogP contribution in [0.5, 0.6) is 0 Å². The molecule has 0 radical (unpaired) electrons. The van der Waals surface area contributed by atoms with Gasteiger partial charge in [-0.1, -0.05) is 109 Å². The normalized spacial score (nSPS) is 13.3. The van der Waals surface area contributed by atoms with Crippen molar-refractivity contribution in [2.24, 2.45) is 0 Å². The number of thiophene rings is 1. The average Bonchev–Trinajstić information content (AvgIpc) is 3.71. The third-order valence-electron chi connectivity index (χ3n) is 10.4. The van der Waals surface area contributed by atoms with Crippen molar-refractivity contribution in [3.8, 4) is 34.6 Å². The van der Waals surface area contributed by atoms with Gasteiger partial charge in [0.25, 0.3) is 0 Å². The molecule has 1 aliphatic carbocycles. The van der Waals surface area contributed by atoms with Crippen LogP contribution in [0.3, 0.4) is 0 Å². The molecule has 0 unspecified atom stereocenters. The zero-order chi connectivity index (χ0) is 32.6. The lowest BCUT2D eigenvalue weighted by atomic mass is 9.78. The molecule has 0 saturated carbocycles. The van der Waals surface area contributed by atoms with Gasteiger partial charge < -0.3 is 4.42 Å². The van der Waals surface area contributed by atoms with Crippen LogP contribution in [0.15, 0.2) is 126 Å². The number of allylic oxidation sites excluding steroid dienone is 2. The van der Waals surface area contributed by atoms with Crippen LogP contribution in [0.1, 0.15) is 40.5 Å². The summed E-state index contributed by atoms with van der Waals surface area (Å²) in [7, 11) is 0. The molecule has 0 amide bonds. The van der Waals surface area contributed by atoms with E-state index in [2.05, 4.69) is 146 Å². The summed E-state index contributed by atoms with van der Waals surface area (Å²) in [5, 5.41) is 8.63. The third kappa shape index (κ3) is 4.13. The highest BCUT2D eigenvalue weighted by Gasteiger charge is 2.25. The Hall–Kier alpha value is -5.88. The fourth-order valence-corrected chi connectivity index (χ4v) is 9.31. The number of terminal acetylenes is 1. The van der Waals surface area contributed by atoms with Gasteiger partial charge >= 0.3 is 0 Å². The predicted octanol–water partition coefficient (Wildman–Crippen LogP) is 13.4. The maximum Gasteiger partial charge on any atom is 0.136 e. The van der Waals surface area contributed by atoms with Gasteiger partial charge in [0.2, 0.25) is 0 Å². The molecule has 0 saturated heterocycles. The van der Waals surface area contributed by atoms with E-state index in [4.69, 9.17) is 10.8 Å². The third-order valence-corrected chi connectivity index (χ3v) is 11.5. The van der Waals surface area contributed by atoms with Gasteiger partial charge in [-0.3, -0.25) is 0 Å². The van der Waals surface area contributed by atoms with Crippen LogP contribution >= 0.6 is 11.3 Å². The molecule has 10 rings (SSSR count). The quantitative estimate of drug-likeness (QED) is 0.138. The summed E-state index contributed by atoms with van der Waals surface area (Å²) in [6.45, 7) is 2.23. The first-order valence-electron chi connectivity index (χ1n) is 16.9. The van der Waals surface area contributed by atoms with Crippen LogP contribution in [0, 0.1) is 12.3 Å². The molecule has 2 heterocycles. The zero-order valence-corrected chi connectivity index (χ0v) is 27.8. The van der Waals surface area contributed by atoms with Gasteiger partial charge in [-0.2, -0.15) is 0 Å². The van der Waals surface area contributed by atoms with Gasteiger partial charge in [-0.25, -0.2) is 0 Å². The van der Waals surface area contributed by atoms with Gasteiger partial charge in [-0.05, 0) is 116 Å². The van der Waals surface area contributed by atoms with E-state index in [0.717, 1.165) is 34.4 Å². The topological polar surface area (TPSA) is 13.1 Å². The molecule has 0 aliphatic heterocycles. The maximum atomic E-state index is 6.36. The van der Waals surface area contributed by atoms with E-state index in [-0.39, 0.29) is 0 Å². The molecule has 0 fully saturated rings. The van der Waals surface area contributed by atoms with Crippen LogP contribution < -0.4 is 0 Å². The largest absolute Gasteiger partial charge is 0.456 e. The SMILES string of the molecule is C#Cc1sc2ccccc2c1/C=C(\C)c1ccccc1-c1c2c(c(-c3cc4cccc5oc6cccc3c6c45)c3ccccc13)C=CCC2. The van der Waals surface area contributed by atoms with Crippen molar-refractivity contribution in [2.75, 3.05) is 0 Å². The first kappa shape index (κ1) is 28.2. The summed E-state index contributed by atoms with van der Waals surface area (Å²) in [6, 6.07) is 41.7. The predicted molar refractivity (Wildman–Crippen MR) is 211 cm³/mol. The highest BCUT2D eigenvalue weighted by atomic mass is 32.1. The fraction of sp³-hybridized carbons (Fsp3) is 0.0638. The van der Waals surface area contributed by atoms with E-state index in [9.17, 15) is 0 Å². The van der Waals surface area contributed by atoms with Crippen molar-refractivity contribution in [3.63, 3.8) is 0 Å². The number of hydrogen-bond acceptors (Lipinski definition) is 2. The molecule has 1 nitrogen and oxygen atoms in total. The lowest BCUT2D eigenvalue weighted by molar-refractivity contribution is 0.669. The van der Waals surface area contributed by atoms with Crippen molar-refractivity contribution < 1.29 is 4.42 Å². The summed E-state index contributed by atoms with van der Waals surface area (Å²) in [5.74, 6) is 2.96. The smallest absolute Gasteiger partial charge is 0.136 e. The molecule has 2 aromatic heterocycles. The summed E-state index contributed by atoms with van der Waals surface area (Å²) < 4.78 is 7.58. The molecule has 0 bridgehead atoms. The Bertz CT molecular complexity index is 2900. The minimum atomic E-state index is 0.943. The molecule has 1 aliphatic rings. The molecule has 0 atom stereocenters. The number of benzene rings is 7. The standard InChI is InChI=1S/C47H30OS/c1-3-42-38(31-16-10-11-25-43(31)49-42)26-28(2)30-15-4-5-17-32(30)45-33-18-6-8-20-35(33)46(36-21-9-7-19-34(36)45)39-27-29-14-12-23-40-44(29)47-37(39)22-13-24-41(47)48-40/h1,4-6,8-18,20-27H,7,19H2,2H3/b28-26+. The summed E-state index contributed by atoms with van der Waals surface area (Å²) in [5.41, 5.74) is 13.3. The molecular formula is C47H30OS. The van der Waals surface area contributed by atoms with Crippen molar-refractivity contribution in [2.45, 2.75) is 19.8 Å². The Labute approximate surface area is 288 Å². The number of furan rings is 1. The van der Waals surface area contributed by atoms with E-state index in [1.54, 1.807) is 11.3 Å². The molecule has 0 N–H and O–H groups in total. The lowest BCUT2D eigenvalue weighted by Crippen LogP contribution is -2.04. The highest BCUT2D eigenvalue weighted by Crippen LogP contribution is 2.50. The minimum Gasteiger partial charge on any atom is -0.456 e. The summed E-state index contributed by atoms with van der Waals surface area (Å²) in [4.78, 5) is 0.975. The molecule has 230 valence electrons. The minimum absolute atomic E-state index is 0.943. The van der Waals surface area contributed by atoms with Crippen LogP contribution in [-0.4, -0.2) is 0 Å². The van der Waals surface area contributed by atoms with E-state index in [1.807, 2.05) is 0 Å². The molecule has 7 aromatic carbocycles. The Morgan fingerprint density at radius 2 is 1.45 bits per heavy atom. The fourth-order valence-electron chi connectivity index (χ4n) is 8.32. The Kier molecular flexibility index (Phi) is 6.22. The first-order chi connectivity index (χ1) is 24.2. The lowest BCUT2D eigenvalue weighted by Gasteiger charge is -2.25. The van der Waals surface area contributed by atoms with E-state index in [1.165, 1.54) is 86.9 Å². The van der Waals surface area contributed by atoms with Gasteiger partial charge in [0.05, 0.1) is 4.88 Å². The number of rotatable bonds is 4. The van der Waals surface area contributed by atoms with E-state index < -0.39 is 0 Å². The molecule has 49 heavy (non-hydrogen) atoms. The van der Waals surface area contributed by atoms with Crippen LogP contribution in [-0.2, 0) is 6.42 Å². The molecule has 0 spiro atoms. The van der Waals surface area contributed by atoms with Crippen molar-refractivity contribution in [1.29, 1.82) is 0 Å². The van der Waals surface area contributed by atoms with Crippen molar-refractivity contribution in [3.05, 3.63) is 148 Å². The first-order valence-corrected chi connectivity index (χ1v) is 17.7. The zero-order valence-electron chi connectivity index (χ0n) is 27.0. The number of fused-ring (bicyclic) bond motifs is 3. The summed E-state index contributed by atoms with van der Waals surface area (Å²) >= 11 is 1.69. The highest BCUT2D eigenvalue weighted by molar-refractivity contribution is 7.19. The number of hydrogen-bond donors (Lipinski definition) is 0. The summed E-state index contributed by atoms with van der Waals surface area (Å²) in [6.07, 6.45) is 15.1. The second kappa shape index (κ2) is 10.8. The van der Waals surface area contributed by atoms with Gasteiger partial charge in [0, 0.05) is 26.4 Å². The van der Waals surface area contributed by atoms with E-state index in [0.29, 0.717) is 0 Å². The maximum absolute atomic E-state index is 6.36. The van der Waals surface area contributed by atoms with Crippen LogP contribution in [0.4, 0.5) is 0 Å². The van der Waals surface area contributed by atoms with Gasteiger partial charge in [0.15, 0.2) is 0 Å². The Morgan fingerprint density at radius 3 is 2.31 bits per heavy atom. The van der Waals surface area contributed by atoms with Gasteiger partial charge in [0.1, 0.15) is 11.2 Å². The van der Waals surface area contributed by atoms with Crippen LogP contribution in [0.2, 0.25) is 0 Å². The Morgan fingerprint density at radius 1 is 0.735 bits per heavy atom. The second-order valence-corrected chi connectivity index (χ2v) is 14.1. The molecular weight excluding hydrogens is 613 g/mol. The van der Waals surface area contributed by atoms with Gasteiger partial charge in [-0.15, -0.1) is 17.8 Å².